The van der Waals surface area contributed by atoms with Gasteiger partial charge in [-0.3, -0.25) is 0 Å². The van der Waals surface area contributed by atoms with Crippen molar-refractivity contribution in [3.05, 3.63) is 42.5 Å². The fraction of sp³-hybridized carbons (Fsp3) is 0.294. The van der Waals surface area contributed by atoms with Gasteiger partial charge in [0.1, 0.15) is 18.5 Å². The number of para-hydroxylation sites is 1. The van der Waals surface area contributed by atoms with E-state index in [9.17, 15) is 0 Å². The highest BCUT2D eigenvalue weighted by Gasteiger charge is 2.23. The lowest BCUT2D eigenvalue weighted by Gasteiger charge is -2.05. The summed E-state index contributed by atoms with van der Waals surface area (Å²) in [6, 6.07) is 14.4. The van der Waals surface area contributed by atoms with Gasteiger partial charge in [-0.25, -0.2) is 0 Å². The Morgan fingerprint density at radius 3 is 2.65 bits per heavy atom. The Hall–Kier alpha value is -2.00. The van der Waals surface area contributed by atoms with Gasteiger partial charge in [-0.2, -0.15) is 0 Å². The third-order valence-corrected chi connectivity index (χ3v) is 3.32. The molecule has 3 aromatic rings. The second-order valence-corrected chi connectivity index (χ2v) is 4.62. The van der Waals surface area contributed by atoms with Crippen molar-refractivity contribution in [2.45, 2.75) is 20.0 Å². The van der Waals surface area contributed by atoms with Crippen LogP contribution in [0.4, 0.5) is 0 Å². The summed E-state index contributed by atoms with van der Waals surface area (Å²) in [6.45, 7) is 5.46. The number of ether oxygens (including phenoxy) is 2. The summed E-state index contributed by atoms with van der Waals surface area (Å²) < 4.78 is 11.0. The average molecular weight is 269 g/mol. The predicted molar refractivity (Wildman–Crippen MR) is 82.4 cm³/mol. The summed E-state index contributed by atoms with van der Waals surface area (Å²) in [7, 11) is 0. The zero-order valence-corrected chi connectivity index (χ0v) is 11.8. The molecule has 20 heavy (non-hydrogen) atoms. The van der Waals surface area contributed by atoms with Gasteiger partial charge in [0, 0.05) is 16.3 Å². The molecule has 1 aliphatic heterocycles. The molecule has 3 nitrogen and oxygen atoms in total. The summed E-state index contributed by atoms with van der Waals surface area (Å²) >= 11 is 0. The standard InChI is InChI=1S/C15H13NO2.C2H6/c1-2-5-12-11(4-1)15-13(16-12)6-3-7-14(15)18-9-10-8-17-10;1-2/h1-7,10,16H,8-9H2;1-2H3. The van der Waals surface area contributed by atoms with Crippen molar-refractivity contribution in [3.8, 4) is 5.75 Å². The van der Waals surface area contributed by atoms with Crippen LogP contribution in [0.2, 0.25) is 0 Å². The monoisotopic (exact) mass is 269 g/mol. The molecule has 0 saturated carbocycles. The second-order valence-electron chi connectivity index (χ2n) is 4.62. The molecule has 0 radical (unpaired) electrons. The van der Waals surface area contributed by atoms with Gasteiger partial charge in [-0.1, -0.05) is 38.1 Å². The van der Waals surface area contributed by atoms with E-state index < -0.39 is 0 Å². The van der Waals surface area contributed by atoms with E-state index in [4.69, 9.17) is 9.47 Å². The number of H-pyrrole nitrogens is 1. The number of rotatable bonds is 3. The minimum atomic E-state index is 0.283. The van der Waals surface area contributed by atoms with E-state index in [1.54, 1.807) is 0 Å². The Labute approximate surface area is 118 Å². The summed E-state index contributed by atoms with van der Waals surface area (Å²) in [5, 5.41) is 2.37. The molecular weight excluding hydrogens is 250 g/mol. The first kappa shape index (κ1) is 13.0. The molecule has 2 heterocycles. The van der Waals surface area contributed by atoms with Crippen molar-refractivity contribution in [2.24, 2.45) is 0 Å². The van der Waals surface area contributed by atoms with Crippen LogP contribution in [0.5, 0.6) is 5.75 Å². The minimum Gasteiger partial charge on any atom is -0.490 e. The van der Waals surface area contributed by atoms with E-state index in [1.807, 2.05) is 32.0 Å². The molecule has 1 saturated heterocycles. The third kappa shape index (κ3) is 2.37. The Kier molecular flexibility index (Phi) is 3.61. The van der Waals surface area contributed by atoms with Crippen LogP contribution in [0.1, 0.15) is 13.8 Å². The van der Waals surface area contributed by atoms with Gasteiger partial charge in [0.2, 0.25) is 0 Å². The average Bonchev–Trinajstić information content (AvgIpc) is 3.26. The van der Waals surface area contributed by atoms with Crippen LogP contribution in [-0.4, -0.2) is 24.3 Å². The van der Waals surface area contributed by atoms with Crippen molar-refractivity contribution in [2.75, 3.05) is 13.2 Å². The van der Waals surface area contributed by atoms with Gasteiger partial charge in [0.05, 0.1) is 12.1 Å². The summed E-state index contributed by atoms with van der Waals surface area (Å²) in [4.78, 5) is 3.41. The highest BCUT2D eigenvalue weighted by Crippen LogP contribution is 2.33. The van der Waals surface area contributed by atoms with Crippen LogP contribution in [0.15, 0.2) is 42.5 Å². The number of nitrogens with one attached hydrogen (secondary N) is 1. The van der Waals surface area contributed by atoms with E-state index in [0.717, 1.165) is 28.8 Å². The Morgan fingerprint density at radius 2 is 1.85 bits per heavy atom. The lowest BCUT2D eigenvalue weighted by Crippen LogP contribution is -2.04. The largest absolute Gasteiger partial charge is 0.490 e. The topological polar surface area (TPSA) is 37.5 Å². The number of aromatic nitrogens is 1. The molecule has 1 unspecified atom stereocenters. The van der Waals surface area contributed by atoms with Crippen LogP contribution in [0, 0.1) is 0 Å². The maximum Gasteiger partial charge on any atom is 0.129 e. The Morgan fingerprint density at radius 1 is 1.10 bits per heavy atom. The molecule has 1 aliphatic rings. The van der Waals surface area contributed by atoms with Gasteiger partial charge in [0.25, 0.3) is 0 Å². The fourth-order valence-electron chi connectivity index (χ4n) is 2.34. The Balaban J connectivity index is 0.000000581. The molecule has 1 atom stereocenters. The second kappa shape index (κ2) is 5.55. The van der Waals surface area contributed by atoms with Crippen LogP contribution in [-0.2, 0) is 4.74 Å². The van der Waals surface area contributed by atoms with Crippen LogP contribution in [0.3, 0.4) is 0 Å². The zero-order valence-electron chi connectivity index (χ0n) is 11.8. The number of aromatic amines is 1. The minimum absolute atomic E-state index is 0.283. The Bertz CT molecular complexity index is 713. The number of hydrogen-bond donors (Lipinski definition) is 1. The molecule has 4 rings (SSSR count). The van der Waals surface area contributed by atoms with E-state index in [2.05, 4.69) is 29.2 Å². The van der Waals surface area contributed by atoms with Crippen molar-refractivity contribution in [1.82, 2.24) is 4.98 Å². The molecule has 0 spiro atoms. The van der Waals surface area contributed by atoms with Gasteiger partial charge >= 0.3 is 0 Å². The molecule has 0 aliphatic carbocycles. The molecule has 1 N–H and O–H groups in total. The number of epoxide rings is 1. The fourth-order valence-corrected chi connectivity index (χ4v) is 2.34. The maximum absolute atomic E-state index is 5.86. The number of benzene rings is 2. The van der Waals surface area contributed by atoms with Gasteiger partial charge in [-0.15, -0.1) is 0 Å². The third-order valence-electron chi connectivity index (χ3n) is 3.32. The van der Waals surface area contributed by atoms with Gasteiger partial charge in [-0.05, 0) is 18.2 Å². The van der Waals surface area contributed by atoms with Gasteiger partial charge < -0.3 is 14.5 Å². The van der Waals surface area contributed by atoms with E-state index in [1.165, 1.54) is 5.39 Å². The highest BCUT2D eigenvalue weighted by molar-refractivity contribution is 6.10. The lowest BCUT2D eigenvalue weighted by atomic mass is 10.1. The summed E-state index contributed by atoms with van der Waals surface area (Å²) in [6.07, 6.45) is 0.283. The van der Waals surface area contributed by atoms with E-state index >= 15 is 0 Å². The first-order chi connectivity index (χ1) is 9.92. The summed E-state index contributed by atoms with van der Waals surface area (Å²) in [5.74, 6) is 0.931. The van der Waals surface area contributed by atoms with Crippen molar-refractivity contribution >= 4 is 21.8 Å². The molecular formula is C17H19NO2. The first-order valence-electron chi connectivity index (χ1n) is 7.16. The molecule has 1 aromatic heterocycles. The normalized spacial score (nSPS) is 16.8. The van der Waals surface area contributed by atoms with Crippen molar-refractivity contribution in [3.63, 3.8) is 0 Å². The van der Waals surface area contributed by atoms with Gasteiger partial charge in [0.15, 0.2) is 0 Å². The van der Waals surface area contributed by atoms with E-state index in [0.29, 0.717) is 6.61 Å². The highest BCUT2D eigenvalue weighted by atomic mass is 16.6. The maximum atomic E-state index is 5.86. The predicted octanol–water partition coefficient (Wildman–Crippen LogP) is 4.12. The van der Waals surface area contributed by atoms with Crippen molar-refractivity contribution in [1.29, 1.82) is 0 Å². The van der Waals surface area contributed by atoms with Crippen LogP contribution in [0.25, 0.3) is 21.8 Å². The smallest absolute Gasteiger partial charge is 0.129 e. The number of hydrogen-bond acceptors (Lipinski definition) is 2. The van der Waals surface area contributed by atoms with Crippen LogP contribution >= 0.6 is 0 Å². The summed E-state index contributed by atoms with van der Waals surface area (Å²) in [5.41, 5.74) is 2.26. The molecule has 2 aromatic carbocycles. The zero-order chi connectivity index (χ0) is 13.9. The molecule has 0 bridgehead atoms. The molecule has 104 valence electrons. The molecule has 1 fully saturated rings. The quantitative estimate of drug-likeness (QED) is 0.726. The molecule has 0 amide bonds. The SMILES string of the molecule is CC.c1ccc2c(c1)[nH]c1cccc(OCC3CO3)c12. The first-order valence-corrected chi connectivity index (χ1v) is 7.16. The number of fused-ring (bicyclic) bond motifs is 3. The van der Waals surface area contributed by atoms with Crippen molar-refractivity contribution < 1.29 is 9.47 Å². The van der Waals surface area contributed by atoms with E-state index in [-0.39, 0.29) is 6.10 Å². The van der Waals surface area contributed by atoms with Crippen LogP contribution < -0.4 is 4.74 Å². The lowest BCUT2D eigenvalue weighted by molar-refractivity contribution is 0.265. The molecule has 3 heteroatoms.